The highest BCUT2D eigenvalue weighted by atomic mass is 32.2. The van der Waals surface area contributed by atoms with Gasteiger partial charge in [-0.25, -0.2) is 0 Å². The average Bonchev–Trinajstić information content (AvgIpc) is 2.83. The molecule has 0 fully saturated rings. The molecule has 0 aromatic heterocycles. The summed E-state index contributed by atoms with van der Waals surface area (Å²) in [7, 11) is 0. The number of rotatable bonds is 10. The van der Waals surface area contributed by atoms with Crippen LogP contribution >= 0.6 is 11.8 Å². The van der Waals surface area contributed by atoms with Crippen molar-refractivity contribution in [3.05, 3.63) is 90.0 Å². The van der Waals surface area contributed by atoms with Crippen LogP contribution in [0.15, 0.2) is 83.8 Å². The maximum atomic E-state index is 13.1. The normalized spacial score (nSPS) is 11.3. The van der Waals surface area contributed by atoms with E-state index in [1.54, 1.807) is 48.5 Å². The van der Waals surface area contributed by atoms with Crippen LogP contribution < -0.4 is 16.4 Å². The number of carbonyl (C=O) groups is 4. The van der Waals surface area contributed by atoms with Gasteiger partial charge >= 0.3 is 5.97 Å². The lowest BCUT2D eigenvalue weighted by Crippen LogP contribution is -2.19. The minimum atomic E-state index is -1.03. The number of primary amides is 1. The standard InChI is InChI=1S/C25H23N3O5S/c26-24(32)17-6-8-19(9-7-17)28-25(33)23(16-4-2-1-3-5-16)34-20-12-10-18(11-13-20)27-21(29)14-15-22(30)31/h1-13,23H,14-15H2,(H2,26,32)(H,27,29)(H,28,33)(H,30,31). The number of nitrogens with two attached hydrogens (primary N) is 1. The molecule has 0 aliphatic rings. The minimum absolute atomic E-state index is 0.109. The number of aliphatic carboxylic acids is 1. The van der Waals surface area contributed by atoms with E-state index in [4.69, 9.17) is 10.8 Å². The van der Waals surface area contributed by atoms with E-state index in [9.17, 15) is 19.2 Å². The second-order valence-electron chi connectivity index (χ2n) is 7.31. The molecule has 0 heterocycles. The van der Waals surface area contributed by atoms with Gasteiger partial charge in [-0.3, -0.25) is 19.2 Å². The van der Waals surface area contributed by atoms with Gasteiger partial charge in [0.15, 0.2) is 0 Å². The third kappa shape index (κ3) is 7.21. The van der Waals surface area contributed by atoms with Crippen LogP contribution in [0.4, 0.5) is 11.4 Å². The molecule has 8 nitrogen and oxygen atoms in total. The topological polar surface area (TPSA) is 139 Å². The number of thioether (sulfide) groups is 1. The van der Waals surface area contributed by atoms with Crippen molar-refractivity contribution in [2.24, 2.45) is 5.73 Å². The lowest BCUT2D eigenvalue weighted by molar-refractivity contribution is -0.138. The monoisotopic (exact) mass is 477 g/mol. The average molecular weight is 478 g/mol. The predicted octanol–water partition coefficient (Wildman–Crippen LogP) is 4.06. The molecule has 0 spiro atoms. The van der Waals surface area contributed by atoms with Crippen molar-refractivity contribution in [3.63, 3.8) is 0 Å². The van der Waals surface area contributed by atoms with Crippen molar-refractivity contribution < 1.29 is 24.3 Å². The second kappa shape index (κ2) is 11.7. The second-order valence-corrected chi connectivity index (χ2v) is 8.48. The van der Waals surface area contributed by atoms with Gasteiger partial charge in [-0.15, -0.1) is 11.8 Å². The molecule has 9 heteroatoms. The third-order valence-corrected chi connectivity index (χ3v) is 6.00. The van der Waals surface area contributed by atoms with Crippen LogP contribution in [-0.4, -0.2) is 28.8 Å². The maximum Gasteiger partial charge on any atom is 0.303 e. The summed E-state index contributed by atoms with van der Waals surface area (Å²) in [5, 5.41) is 13.6. The molecule has 0 aliphatic carbocycles. The van der Waals surface area contributed by atoms with Gasteiger partial charge in [0.25, 0.3) is 0 Å². The molecule has 3 amide bonds. The number of carboxylic acid groups (broad SMARTS) is 1. The Morgan fingerprint density at radius 1 is 0.794 bits per heavy atom. The number of carbonyl (C=O) groups excluding carboxylic acids is 3. The summed E-state index contributed by atoms with van der Waals surface area (Å²) in [6.45, 7) is 0. The first-order chi connectivity index (χ1) is 16.3. The fraction of sp³-hybridized carbons (Fsp3) is 0.120. The number of amides is 3. The number of hydrogen-bond acceptors (Lipinski definition) is 5. The van der Waals surface area contributed by atoms with E-state index in [1.165, 1.54) is 11.8 Å². The Labute approximate surface area is 200 Å². The van der Waals surface area contributed by atoms with Crippen LogP contribution in [0.5, 0.6) is 0 Å². The molecule has 34 heavy (non-hydrogen) atoms. The molecular formula is C25H23N3O5S. The molecule has 0 saturated heterocycles. The summed E-state index contributed by atoms with van der Waals surface area (Å²) in [6, 6.07) is 22.6. The molecule has 0 aliphatic heterocycles. The quantitative estimate of drug-likeness (QED) is 0.325. The fourth-order valence-electron chi connectivity index (χ4n) is 3.02. The lowest BCUT2D eigenvalue weighted by atomic mass is 10.1. The van der Waals surface area contributed by atoms with Crippen molar-refractivity contribution in [1.29, 1.82) is 0 Å². The van der Waals surface area contributed by atoms with Crippen molar-refractivity contribution in [3.8, 4) is 0 Å². The number of anilines is 2. The van der Waals surface area contributed by atoms with Crippen LogP contribution in [0.25, 0.3) is 0 Å². The van der Waals surface area contributed by atoms with Gasteiger partial charge in [0.05, 0.1) is 6.42 Å². The summed E-state index contributed by atoms with van der Waals surface area (Å²) >= 11 is 1.34. The summed E-state index contributed by atoms with van der Waals surface area (Å²) in [5.41, 5.74) is 7.50. The summed E-state index contributed by atoms with van der Waals surface area (Å²) in [5.74, 6) is -2.20. The zero-order valence-corrected chi connectivity index (χ0v) is 18.9. The smallest absolute Gasteiger partial charge is 0.303 e. The molecular weight excluding hydrogens is 454 g/mol. The SMILES string of the molecule is NC(=O)c1ccc(NC(=O)C(Sc2ccc(NC(=O)CCC(=O)O)cc2)c2ccccc2)cc1. The summed E-state index contributed by atoms with van der Waals surface area (Å²) in [4.78, 5) is 47.6. The summed E-state index contributed by atoms with van der Waals surface area (Å²) in [6.07, 6.45) is -0.346. The molecule has 174 valence electrons. The first kappa shape index (κ1) is 24.5. The Morgan fingerprint density at radius 2 is 1.38 bits per heavy atom. The Morgan fingerprint density at radius 3 is 1.97 bits per heavy atom. The zero-order valence-electron chi connectivity index (χ0n) is 18.1. The van der Waals surface area contributed by atoms with Crippen molar-refractivity contribution in [1.82, 2.24) is 0 Å². The molecule has 1 unspecified atom stereocenters. The number of nitrogens with one attached hydrogen (secondary N) is 2. The molecule has 0 saturated carbocycles. The van der Waals surface area contributed by atoms with Crippen molar-refractivity contribution in [2.45, 2.75) is 23.0 Å². The maximum absolute atomic E-state index is 13.1. The third-order valence-electron chi connectivity index (χ3n) is 4.74. The Bertz CT molecular complexity index is 1170. The summed E-state index contributed by atoms with van der Waals surface area (Å²) < 4.78 is 0. The van der Waals surface area contributed by atoms with E-state index in [2.05, 4.69) is 10.6 Å². The van der Waals surface area contributed by atoms with Gasteiger partial charge in [-0.1, -0.05) is 30.3 Å². The first-order valence-corrected chi connectivity index (χ1v) is 11.2. The van der Waals surface area contributed by atoms with Gasteiger partial charge in [-0.2, -0.15) is 0 Å². The van der Waals surface area contributed by atoms with Crippen LogP contribution in [0.1, 0.15) is 34.0 Å². The van der Waals surface area contributed by atoms with Gasteiger partial charge in [0, 0.05) is 28.3 Å². The van der Waals surface area contributed by atoms with Gasteiger partial charge in [0.1, 0.15) is 5.25 Å². The van der Waals surface area contributed by atoms with Gasteiger partial charge in [-0.05, 0) is 54.1 Å². The number of hydrogen-bond donors (Lipinski definition) is 4. The predicted molar refractivity (Wildman–Crippen MR) is 131 cm³/mol. The van der Waals surface area contributed by atoms with E-state index < -0.39 is 17.1 Å². The van der Waals surface area contributed by atoms with E-state index in [-0.39, 0.29) is 24.7 Å². The Balaban J connectivity index is 1.71. The Hall–Kier alpha value is -4.11. The van der Waals surface area contributed by atoms with Gasteiger partial charge < -0.3 is 21.5 Å². The molecule has 1 atom stereocenters. The van der Waals surface area contributed by atoms with Gasteiger partial charge in [0.2, 0.25) is 17.7 Å². The van der Waals surface area contributed by atoms with Crippen LogP contribution in [-0.2, 0) is 14.4 Å². The number of benzene rings is 3. The first-order valence-electron chi connectivity index (χ1n) is 10.4. The van der Waals surface area contributed by atoms with E-state index >= 15 is 0 Å². The molecule has 3 aromatic rings. The molecule has 3 rings (SSSR count). The van der Waals surface area contributed by atoms with Crippen LogP contribution in [0.2, 0.25) is 0 Å². The lowest BCUT2D eigenvalue weighted by Gasteiger charge is -2.17. The minimum Gasteiger partial charge on any atom is -0.481 e. The zero-order chi connectivity index (χ0) is 24.5. The molecule has 0 bridgehead atoms. The van der Waals surface area contributed by atoms with Crippen molar-refractivity contribution in [2.75, 3.05) is 10.6 Å². The van der Waals surface area contributed by atoms with Crippen LogP contribution in [0.3, 0.4) is 0 Å². The van der Waals surface area contributed by atoms with E-state index in [1.807, 2.05) is 30.3 Å². The largest absolute Gasteiger partial charge is 0.481 e. The fourth-order valence-corrected chi connectivity index (χ4v) is 4.05. The highest BCUT2D eigenvalue weighted by molar-refractivity contribution is 8.00. The van der Waals surface area contributed by atoms with Crippen LogP contribution in [0, 0.1) is 0 Å². The molecule has 3 aromatic carbocycles. The molecule has 0 radical (unpaired) electrons. The van der Waals surface area contributed by atoms with E-state index in [0.29, 0.717) is 16.9 Å². The highest BCUT2D eigenvalue weighted by Crippen LogP contribution is 2.36. The Kier molecular flexibility index (Phi) is 8.42. The number of carboxylic acids is 1. The molecule has 5 N–H and O–H groups in total. The van der Waals surface area contributed by atoms with E-state index in [0.717, 1.165) is 10.5 Å². The highest BCUT2D eigenvalue weighted by Gasteiger charge is 2.22. The van der Waals surface area contributed by atoms with Crippen molar-refractivity contribution >= 4 is 46.8 Å².